The number of nitrogens with zero attached hydrogens (tertiary/aromatic N) is 4. The summed E-state index contributed by atoms with van der Waals surface area (Å²) in [4.78, 5) is 3.46. The topological polar surface area (TPSA) is 51.6 Å². The minimum absolute atomic E-state index is 0.771. The van der Waals surface area contributed by atoms with Gasteiger partial charge in [0, 0.05) is 0 Å². The highest BCUT2D eigenvalue weighted by molar-refractivity contribution is 7.23. The summed E-state index contributed by atoms with van der Waals surface area (Å²) in [6.45, 7) is 0. The Balaban J connectivity index is 3.00. The van der Waals surface area contributed by atoms with E-state index >= 15 is 0 Å². The van der Waals surface area contributed by atoms with E-state index in [0.717, 1.165) is 8.35 Å². The van der Waals surface area contributed by atoms with Gasteiger partial charge in [-0.25, -0.2) is 0 Å². The summed E-state index contributed by atoms with van der Waals surface area (Å²) in [5.74, 6) is 1.56. The van der Waals surface area contributed by atoms with Crippen molar-refractivity contribution in [3.63, 3.8) is 0 Å². The van der Waals surface area contributed by atoms with E-state index in [1.54, 1.807) is 5.93 Å². The molecule has 0 spiro atoms. The molecule has 0 saturated heterocycles. The monoisotopic (exact) mass is 100.0 g/mol. The number of hydrogen-bond acceptors (Lipinski definition) is 4. The average Bonchev–Trinajstić information content (AvgIpc) is 1.72. The molecule has 0 unspecified atom stereocenters. The maximum atomic E-state index is 3.46. The molecule has 4 nitrogen and oxygen atoms in total. The Hall–Kier alpha value is -0.630. The molecule has 0 aliphatic rings. The van der Waals surface area contributed by atoms with E-state index in [2.05, 4.69) is 20.4 Å². The lowest BCUT2D eigenvalue weighted by Crippen LogP contribution is -1.80. The Morgan fingerprint density at radius 1 is 1.33 bits per heavy atom. The van der Waals surface area contributed by atoms with E-state index in [1.807, 2.05) is 0 Å². The van der Waals surface area contributed by atoms with Crippen molar-refractivity contribution in [1.29, 1.82) is 0 Å². The molecular weight excluding hydrogens is 99.0 g/mol. The Kier molecular flexibility index (Phi) is 1.02. The highest BCUT2D eigenvalue weighted by Crippen LogP contribution is 1.81. The Morgan fingerprint density at radius 2 is 2.33 bits per heavy atom. The van der Waals surface area contributed by atoms with Crippen LogP contribution in [0.3, 0.4) is 0 Å². The van der Waals surface area contributed by atoms with E-state index in [4.69, 9.17) is 0 Å². The van der Waals surface area contributed by atoms with Gasteiger partial charge in [-0.1, -0.05) is 0 Å². The molecule has 1 aromatic heterocycles. The molecule has 5 heteroatoms. The fraction of sp³-hybridized carbons (Fsp3) is 0. The summed E-state index contributed by atoms with van der Waals surface area (Å²) >= 11 is 0. The summed E-state index contributed by atoms with van der Waals surface area (Å²) in [5, 5.41) is 9.82. The van der Waals surface area contributed by atoms with Gasteiger partial charge in [0.25, 0.3) is 0 Å². The second-order valence-corrected chi connectivity index (χ2v) is 1.26. The molecule has 0 fully saturated rings. The van der Waals surface area contributed by atoms with Crippen molar-refractivity contribution in [1.82, 2.24) is 20.4 Å². The Labute approximate surface area is 35.8 Å². The van der Waals surface area contributed by atoms with Crippen molar-refractivity contribution in [3.05, 3.63) is 5.93 Å². The van der Waals surface area contributed by atoms with E-state index in [1.165, 1.54) is 0 Å². The van der Waals surface area contributed by atoms with Gasteiger partial charge >= 0.3 is 0 Å². The molecule has 30 valence electrons. The highest BCUT2D eigenvalue weighted by Gasteiger charge is 1.63. The summed E-state index contributed by atoms with van der Waals surface area (Å²) < 4.78 is 0. The van der Waals surface area contributed by atoms with E-state index < -0.39 is 0 Å². The zero-order valence-electron chi connectivity index (χ0n) is 2.81. The van der Waals surface area contributed by atoms with Crippen molar-refractivity contribution < 1.29 is 0 Å². The van der Waals surface area contributed by atoms with Gasteiger partial charge in [0.2, 0.25) is 0 Å². The first-order chi connectivity index (χ1) is 3.00. The van der Waals surface area contributed by atoms with Crippen LogP contribution in [0.4, 0.5) is 0 Å². The summed E-state index contributed by atoms with van der Waals surface area (Å²) in [6, 6.07) is 0. The fourth-order valence-corrected chi connectivity index (χ4v) is 0.354. The third-order valence-electron chi connectivity index (χ3n) is 0.287. The molecule has 1 rings (SSSR count). The Bertz CT molecular complexity index is 79.5. The number of rotatable bonds is 0. The van der Waals surface area contributed by atoms with E-state index in [-0.39, 0.29) is 0 Å². The minimum atomic E-state index is 0.771. The largest absolute Gasteiger partial charge is 0.131 e. The summed E-state index contributed by atoms with van der Waals surface area (Å²) in [7, 11) is 0.771. The lowest BCUT2D eigenvalue weighted by molar-refractivity contribution is 0.809. The van der Waals surface area contributed by atoms with E-state index in [0.29, 0.717) is 0 Å². The normalized spacial score (nSPS) is 9.33. The van der Waals surface area contributed by atoms with Crippen LogP contribution >= 0.6 is 8.35 Å². The zero-order valence-corrected chi connectivity index (χ0v) is 3.71. The van der Waals surface area contributed by atoms with Gasteiger partial charge in [0.05, 0.1) is 14.3 Å². The standard InChI is InChI=1S/CHN4P/c1-2-3-4-5-6-1/h1H. The molecule has 0 radical (unpaired) electrons. The van der Waals surface area contributed by atoms with Crippen molar-refractivity contribution >= 4 is 8.35 Å². The van der Waals surface area contributed by atoms with Crippen molar-refractivity contribution in [2.24, 2.45) is 0 Å². The zero-order chi connectivity index (χ0) is 4.24. The lowest BCUT2D eigenvalue weighted by atomic mass is 11.6. The van der Waals surface area contributed by atoms with Crippen LogP contribution in [-0.2, 0) is 0 Å². The van der Waals surface area contributed by atoms with Gasteiger partial charge < -0.3 is 0 Å². The highest BCUT2D eigenvalue weighted by atomic mass is 31.0. The molecule has 0 amide bonds. The lowest BCUT2D eigenvalue weighted by Gasteiger charge is -1.65. The van der Waals surface area contributed by atoms with Crippen molar-refractivity contribution in [2.45, 2.75) is 0 Å². The van der Waals surface area contributed by atoms with Gasteiger partial charge in [0.15, 0.2) is 0 Å². The Morgan fingerprint density at radius 3 is 2.50 bits per heavy atom. The van der Waals surface area contributed by atoms with Crippen LogP contribution in [0.1, 0.15) is 0 Å². The second-order valence-electron chi connectivity index (χ2n) is 0.615. The van der Waals surface area contributed by atoms with Crippen LogP contribution < -0.4 is 0 Å². The van der Waals surface area contributed by atoms with Gasteiger partial charge in [-0.05, 0) is 10.4 Å². The molecule has 1 aromatic rings. The fourth-order valence-electron chi connectivity index (χ4n) is 0.133. The minimum Gasteiger partial charge on any atom is -0.131 e. The van der Waals surface area contributed by atoms with Crippen LogP contribution in [-0.4, -0.2) is 20.4 Å². The maximum Gasteiger partial charge on any atom is 0.0993 e. The van der Waals surface area contributed by atoms with Gasteiger partial charge in [-0.3, -0.25) is 0 Å². The van der Waals surface area contributed by atoms with Crippen molar-refractivity contribution in [3.8, 4) is 0 Å². The quantitative estimate of drug-likeness (QED) is 0.454. The third-order valence-corrected chi connectivity index (χ3v) is 0.676. The molecule has 0 atom stereocenters. The molecular formula is CHN4P. The molecule has 0 aliphatic heterocycles. The number of aromatic nitrogens is 4. The van der Waals surface area contributed by atoms with Gasteiger partial charge in [0.1, 0.15) is 0 Å². The first-order valence-electron chi connectivity index (χ1n) is 1.32. The van der Waals surface area contributed by atoms with Gasteiger partial charge in [-0.2, -0.15) is 0 Å². The smallest absolute Gasteiger partial charge is 0.0993 e. The van der Waals surface area contributed by atoms with Crippen LogP contribution in [0, 0.1) is 0 Å². The summed E-state index contributed by atoms with van der Waals surface area (Å²) in [5.41, 5.74) is 0. The van der Waals surface area contributed by atoms with Crippen LogP contribution in [0.2, 0.25) is 0 Å². The van der Waals surface area contributed by atoms with Crippen LogP contribution in [0.15, 0.2) is 5.93 Å². The van der Waals surface area contributed by atoms with E-state index in [9.17, 15) is 0 Å². The second kappa shape index (κ2) is 1.72. The molecule has 0 aromatic carbocycles. The molecule has 0 aliphatic carbocycles. The number of hydrogen-bond donors (Lipinski definition) is 0. The molecule has 0 saturated carbocycles. The first-order valence-corrected chi connectivity index (χ1v) is 2.23. The molecule has 0 N–H and O–H groups in total. The predicted octanol–water partition coefficient (Wildman–Crippen LogP) is -0.153. The SMILES string of the molecule is c1nnnnp1. The average molecular weight is 100 g/mol. The maximum absolute atomic E-state index is 3.46. The molecule has 6 heavy (non-hydrogen) atoms. The molecule has 0 bridgehead atoms. The van der Waals surface area contributed by atoms with Gasteiger partial charge in [-0.15, -0.1) is 9.96 Å². The molecule has 1 heterocycles. The predicted molar refractivity (Wildman–Crippen MR) is 20.1 cm³/mol. The van der Waals surface area contributed by atoms with Crippen LogP contribution in [0.5, 0.6) is 0 Å². The third kappa shape index (κ3) is 0.656. The first kappa shape index (κ1) is 3.56. The van der Waals surface area contributed by atoms with Crippen molar-refractivity contribution in [2.75, 3.05) is 0 Å². The van der Waals surface area contributed by atoms with Crippen LogP contribution in [0.25, 0.3) is 0 Å². The summed E-state index contributed by atoms with van der Waals surface area (Å²) in [6.07, 6.45) is 0.